The average Bonchev–Trinajstić information content (AvgIpc) is 3.16. The molecule has 0 radical (unpaired) electrons. The van der Waals surface area contributed by atoms with Gasteiger partial charge in [0.25, 0.3) is 0 Å². The standard InChI is InChI=1S/C25H35N7O2/c1-7-19(23(33)34)31-10-12-32(13-11-31)24-28-21-20(30(6)15-26-21)22(29-24)27-18-14-17(25(3,4)5)9-8-16(18)2/h8-9,14-15,19H,7,10-13H2,1-6H3,(H,33,34)(H,27,28,29). The maximum Gasteiger partial charge on any atom is 0.320 e. The molecule has 4 rings (SSSR count). The van der Waals surface area contributed by atoms with Crippen LogP contribution in [0.15, 0.2) is 24.5 Å². The van der Waals surface area contributed by atoms with Gasteiger partial charge in [0.05, 0.1) is 6.33 Å². The van der Waals surface area contributed by atoms with Crippen LogP contribution in [0.3, 0.4) is 0 Å². The number of aryl methyl sites for hydroxylation is 2. The third-order valence-electron chi connectivity index (χ3n) is 6.63. The molecule has 1 aromatic carbocycles. The minimum atomic E-state index is -0.763. The quantitative estimate of drug-likeness (QED) is 0.569. The first-order valence-corrected chi connectivity index (χ1v) is 11.9. The third kappa shape index (κ3) is 4.70. The molecule has 0 aliphatic carbocycles. The Balaban J connectivity index is 1.65. The van der Waals surface area contributed by atoms with Crippen molar-refractivity contribution in [2.24, 2.45) is 7.05 Å². The van der Waals surface area contributed by atoms with Crippen LogP contribution in [0.25, 0.3) is 11.2 Å². The molecule has 9 nitrogen and oxygen atoms in total. The first kappa shape index (κ1) is 23.9. The molecule has 3 aromatic rings. The molecule has 1 aliphatic rings. The molecule has 0 saturated carbocycles. The monoisotopic (exact) mass is 465 g/mol. The van der Waals surface area contributed by atoms with Crippen molar-refractivity contribution >= 4 is 34.6 Å². The normalized spacial score (nSPS) is 16.1. The van der Waals surface area contributed by atoms with Crippen LogP contribution < -0.4 is 10.2 Å². The maximum atomic E-state index is 11.6. The van der Waals surface area contributed by atoms with Gasteiger partial charge in [-0.15, -0.1) is 0 Å². The number of carboxylic acid groups (broad SMARTS) is 1. The van der Waals surface area contributed by atoms with Crippen molar-refractivity contribution in [1.29, 1.82) is 0 Å². The number of carbonyl (C=O) groups is 1. The summed E-state index contributed by atoms with van der Waals surface area (Å²) in [6.07, 6.45) is 2.34. The van der Waals surface area contributed by atoms with Crippen LogP contribution in [-0.2, 0) is 17.3 Å². The first-order chi connectivity index (χ1) is 16.1. The lowest BCUT2D eigenvalue weighted by atomic mass is 9.86. The number of benzene rings is 1. The number of hydrogen-bond acceptors (Lipinski definition) is 7. The highest BCUT2D eigenvalue weighted by molar-refractivity contribution is 5.87. The third-order valence-corrected chi connectivity index (χ3v) is 6.63. The molecule has 2 aromatic heterocycles. The zero-order chi connectivity index (χ0) is 24.6. The Morgan fingerprint density at radius 1 is 1.18 bits per heavy atom. The Kier molecular flexibility index (Phi) is 6.49. The second-order valence-corrected chi connectivity index (χ2v) is 10.1. The molecule has 1 fully saturated rings. The van der Waals surface area contributed by atoms with Crippen LogP contribution in [-0.4, -0.2) is 67.7 Å². The van der Waals surface area contributed by atoms with Crippen molar-refractivity contribution in [1.82, 2.24) is 24.4 Å². The summed E-state index contributed by atoms with van der Waals surface area (Å²) in [4.78, 5) is 29.8. The summed E-state index contributed by atoms with van der Waals surface area (Å²) < 4.78 is 1.93. The van der Waals surface area contributed by atoms with Gasteiger partial charge in [-0.3, -0.25) is 9.69 Å². The van der Waals surface area contributed by atoms with Crippen LogP contribution in [0.4, 0.5) is 17.5 Å². The number of anilines is 3. The molecule has 1 unspecified atom stereocenters. The number of imidazole rings is 1. The van der Waals surface area contributed by atoms with E-state index in [2.05, 4.69) is 61.1 Å². The van der Waals surface area contributed by atoms with E-state index in [0.717, 1.165) is 16.8 Å². The molecule has 0 amide bonds. The van der Waals surface area contributed by atoms with Crippen molar-refractivity contribution in [2.75, 3.05) is 36.4 Å². The van der Waals surface area contributed by atoms with E-state index >= 15 is 0 Å². The summed E-state index contributed by atoms with van der Waals surface area (Å²) in [6, 6.07) is 6.05. The molecular weight excluding hydrogens is 430 g/mol. The molecule has 9 heteroatoms. The second-order valence-electron chi connectivity index (χ2n) is 10.1. The van der Waals surface area contributed by atoms with E-state index in [-0.39, 0.29) is 5.41 Å². The Bertz CT molecular complexity index is 1190. The summed E-state index contributed by atoms with van der Waals surface area (Å²) in [6.45, 7) is 13.3. The van der Waals surface area contributed by atoms with Crippen molar-refractivity contribution in [3.63, 3.8) is 0 Å². The smallest absolute Gasteiger partial charge is 0.320 e. The minimum Gasteiger partial charge on any atom is -0.480 e. The summed E-state index contributed by atoms with van der Waals surface area (Å²) in [5.74, 6) is 0.566. The zero-order valence-corrected chi connectivity index (χ0v) is 21.0. The molecule has 0 spiro atoms. The number of aliphatic carboxylic acids is 1. The number of piperazine rings is 1. The van der Waals surface area contributed by atoms with Crippen LogP contribution in [0, 0.1) is 6.92 Å². The Hall–Kier alpha value is -3.20. The van der Waals surface area contributed by atoms with Crippen LogP contribution >= 0.6 is 0 Å². The number of rotatable bonds is 6. The van der Waals surface area contributed by atoms with E-state index in [1.54, 1.807) is 6.33 Å². The highest BCUT2D eigenvalue weighted by Gasteiger charge is 2.29. The summed E-state index contributed by atoms with van der Waals surface area (Å²) in [5.41, 5.74) is 4.91. The van der Waals surface area contributed by atoms with E-state index in [1.807, 2.05) is 23.4 Å². The maximum absolute atomic E-state index is 11.6. The molecule has 1 saturated heterocycles. The fraction of sp³-hybridized carbons (Fsp3) is 0.520. The van der Waals surface area contributed by atoms with Gasteiger partial charge in [0.2, 0.25) is 5.95 Å². The zero-order valence-electron chi connectivity index (χ0n) is 21.0. The molecule has 3 heterocycles. The fourth-order valence-electron chi connectivity index (χ4n) is 4.45. The van der Waals surface area contributed by atoms with Gasteiger partial charge in [-0.2, -0.15) is 9.97 Å². The lowest BCUT2D eigenvalue weighted by Gasteiger charge is -2.37. The van der Waals surface area contributed by atoms with Crippen LogP contribution in [0.2, 0.25) is 0 Å². The van der Waals surface area contributed by atoms with Gasteiger partial charge in [0.15, 0.2) is 11.5 Å². The van der Waals surface area contributed by atoms with Gasteiger partial charge < -0.3 is 19.9 Å². The van der Waals surface area contributed by atoms with E-state index in [0.29, 0.717) is 50.0 Å². The summed E-state index contributed by atoms with van der Waals surface area (Å²) >= 11 is 0. The van der Waals surface area contributed by atoms with Crippen molar-refractivity contribution in [3.05, 3.63) is 35.7 Å². The van der Waals surface area contributed by atoms with E-state index in [1.165, 1.54) is 5.56 Å². The van der Waals surface area contributed by atoms with E-state index in [9.17, 15) is 9.90 Å². The molecular formula is C25H35N7O2. The number of nitrogens with zero attached hydrogens (tertiary/aromatic N) is 6. The van der Waals surface area contributed by atoms with Gasteiger partial charge in [0.1, 0.15) is 11.6 Å². The number of nitrogens with one attached hydrogen (secondary N) is 1. The average molecular weight is 466 g/mol. The molecule has 34 heavy (non-hydrogen) atoms. The van der Waals surface area contributed by atoms with Gasteiger partial charge in [-0.25, -0.2) is 4.98 Å². The topological polar surface area (TPSA) is 99.4 Å². The minimum absolute atomic E-state index is 0.0365. The Morgan fingerprint density at radius 3 is 2.50 bits per heavy atom. The second kappa shape index (κ2) is 9.21. The summed E-state index contributed by atoms with van der Waals surface area (Å²) in [5, 5.41) is 13.1. The fourth-order valence-corrected chi connectivity index (χ4v) is 4.45. The van der Waals surface area contributed by atoms with Crippen LogP contribution in [0.5, 0.6) is 0 Å². The highest BCUT2D eigenvalue weighted by atomic mass is 16.4. The molecule has 182 valence electrons. The van der Waals surface area contributed by atoms with Gasteiger partial charge in [-0.1, -0.05) is 39.8 Å². The number of aromatic nitrogens is 4. The van der Waals surface area contributed by atoms with Crippen molar-refractivity contribution in [2.45, 2.75) is 52.5 Å². The number of fused-ring (bicyclic) bond motifs is 1. The van der Waals surface area contributed by atoms with Gasteiger partial charge in [0, 0.05) is 38.9 Å². The predicted molar refractivity (Wildman–Crippen MR) is 135 cm³/mol. The van der Waals surface area contributed by atoms with Crippen molar-refractivity contribution in [3.8, 4) is 0 Å². The highest BCUT2D eigenvalue weighted by Crippen LogP contribution is 2.31. The lowest BCUT2D eigenvalue weighted by molar-refractivity contribution is -0.143. The van der Waals surface area contributed by atoms with E-state index in [4.69, 9.17) is 9.97 Å². The van der Waals surface area contributed by atoms with E-state index < -0.39 is 12.0 Å². The van der Waals surface area contributed by atoms with Crippen molar-refractivity contribution < 1.29 is 9.90 Å². The molecule has 1 atom stereocenters. The lowest BCUT2D eigenvalue weighted by Crippen LogP contribution is -2.53. The molecule has 0 bridgehead atoms. The predicted octanol–water partition coefficient (Wildman–Crippen LogP) is 3.70. The van der Waals surface area contributed by atoms with Gasteiger partial charge >= 0.3 is 5.97 Å². The van der Waals surface area contributed by atoms with Gasteiger partial charge in [-0.05, 0) is 36.0 Å². The Labute approximate surface area is 200 Å². The number of hydrogen-bond donors (Lipinski definition) is 2. The molecule has 1 aliphatic heterocycles. The van der Waals surface area contributed by atoms with Crippen LogP contribution in [0.1, 0.15) is 45.2 Å². The first-order valence-electron chi connectivity index (χ1n) is 11.9. The largest absolute Gasteiger partial charge is 0.480 e. The summed E-state index contributed by atoms with van der Waals surface area (Å²) in [7, 11) is 1.94. The molecule has 2 N–H and O–H groups in total. The Morgan fingerprint density at radius 2 is 1.88 bits per heavy atom. The number of carboxylic acids is 1. The SMILES string of the molecule is CCC(C(=O)O)N1CCN(c2nc(Nc3cc(C(C)(C)C)ccc3C)c3c(ncn3C)n2)CC1.